The van der Waals surface area contributed by atoms with Gasteiger partial charge in [-0.25, -0.2) is 0 Å². The van der Waals surface area contributed by atoms with Gasteiger partial charge in [-0.3, -0.25) is 0 Å². The fourth-order valence-electron chi connectivity index (χ4n) is 3.57. The summed E-state index contributed by atoms with van der Waals surface area (Å²) in [4.78, 5) is 1.70. The Labute approximate surface area is 151 Å². The van der Waals surface area contributed by atoms with Gasteiger partial charge in [-0.05, 0) is 12.1 Å². The summed E-state index contributed by atoms with van der Waals surface area (Å²) < 4.78 is 5.65. The predicted molar refractivity (Wildman–Crippen MR) is 100 cm³/mol. The Morgan fingerprint density at radius 3 is 2.52 bits per heavy atom. The summed E-state index contributed by atoms with van der Waals surface area (Å²) >= 11 is 0. The van der Waals surface area contributed by atoms with E-state index in [1.54, 1.807) is 4.90 Å². The first-order valence-electron chi connectivity index (χ1n) is 9.20. The van der Waals surface area contributed by atoms with Crippen LogP contribution in [-0.4, -0.2) is 25.7 Å². The largest absolute Gasteiger partial charge is 0.480 e. The molecule has 0 spiro atoms. The summed E-state index contributed by atoms with van der Waals surface area (Å²) in [6.45, 7) is 4.95. The molecule has 0 aromatic heterocycles. The molecule has 1 aliphatic rings. The van der Waals surface area contributed by atoms with Crippen LogP contribution in [-0.2, 0) is 13.1 Å². The van der Waals surface area contributed by atoms with E-state index in [1.807, 2.05) is 12.1 Å². The van der Waals surface area contributed by atoms with Crippen LogP contribution in [0.25, 0.3) is 0 Å². The third kappa shape index (κ3) is 5.35. The Kier molecular flexibility index (Phi) is 6.50. The molecule has 1 fully saturated rings. The number of ether oxygens (including phenoxy) is 1. The number of quaternary nitrogens is 2. The minimum atomic E-state index is 0.332. The Bertz CT molecular complexity index is 685. The zero-order valence-corrected chi connectivity index (χ0v) is 14.8. The van der Waals surface area contributed by atoms with Gasteiger partial charge in [0.05, 0.1) is 19.1 Å². The van der Waals surface area contributed by atoms with Gasteiger partial charge in [-0.2, -0.15) is 0 Å². The van der Waals surface area contributed by atoms with Gasteiger partial charge in [0.25, 0.3) is 0 Å². The van der Waals surface area contributed by atoms with E-state index in [2.05, 4.69) is 53.7 Å². The molecule has 0 bridgehead atoms. The van der Waals surface area contributed by atoms with Gasteiger partial charge >= 0.3 is 0 Å². The summed E-state index contributed by atoms with van der Waals surface area (Å²) in [6, 6.07) is 19.7. The molecule has 3 heteroatoms. The standard InChI is InChI=1S/C22H26N2O/c1-2-16-25-22-11-7-6-10-20(22)17-23-21-12-14-24(15-13-21)18-19-8-4-3-5-9-19/h1,3-11,21,23H,12-18H2/p+2. The number of rotatable bonds is 7. The number of nitrogens with two attached hydrogens (primary N) is 1. The van der Waals surface area contributed by atoms with Crippen LogP contribution in [0.15, 0.2) is 54.6 Å². The first kappa shape index (κ1) is 17.5. The van der Waals surface area contributed by atoms with E-state index in [-0.39, 0.29) is 0 Å². The van der Waals surface area contributed by atoms with Gasteiger partial charge in [0.15, 0.2) is 0 Å². The molecule has 1 heterocycles. The predicted octanol–water partition coefficient (Wildman–Crippen LogP) is 1.01. The van der Waals surface area contributed by atoms with Gasteiger partial charge in [-0.15, -0.1) is 6.42 Å². The van der Waals surface area contributed by atoms with Crippen molar-refractivity contribution in [3.8, 4) is 18.1 Å². The van der Waals surface area contributed by atoms with Crippen LogP contribution in [0.5, 0.6) is 5.75 Å². The smallest absolute Gasteiger partial charge is 0.148 e. The molecule has 3 rings (SSSR count). The normalized spacial score (nSPS) is 20.0. The van der Waals surface area contributed by atoms with Crippen LogP contribution in [0.4, 0.5) is 0 Å². The SMILES string of the molecule is C#CCOc1ccccc1C[NH2+]C1CC[NH+](Cc2ccccc2)CC1. The Hall–Kier alpha value is -2.28. The maximum Gasteiger partial charge on any atom is 0.148 e. The van der Waals surface area contributed by atoms with E-state index in [0.29, 0.717) is 12.6 Å². The summed E-state index contributed by atoms with van der Waals surface area (Å²) in [5.74, 6) is 3.46. The molecule has 130 valence electrons. The summed E-state index contributed by atoms with van der Waals surface area (Å²) in [5.41, 5.74) is 2.68. The number of hydrogen-bond acceptors (Lipinski definition) is 1. The highest BCUT2D eigenvalue weighted by Gasteiger charge is 2.24. The van der Waals surface area contributed by atoms with Crippen LogP contribution in [0.2, 0.25) is 0 Å². The first-order valence-corrected chi connectivity index (χ1v) is 9.20. The van der Waals surface area contributed by atoms with Crippen molar-refractivity contribution < 1.29 is 15.0 Å². The Balaban J connectivity index is 1.45. The van der Waals surface area contributed by atoms with Gasteiger partial charge in [0, 0.05) is 24.0 Å². The number of hydrogen-bond donors (Lipinski definition) is 2. The summed E-state index contributed by atoms with van der Waals surface area (Å²) in [6.07, 6.45) is 7.85. The molecule has 0 aliphatic carbocycles. The summed E-state index contributed by atoms with van der Waals surface area (Å²) in [7, 11) is 0. The van der Waals surface area contributed by atoms with Crippen molar-refractivity contribution in [1.82, 2.24) is 0 Å². The maximum atomic E-state index is 5.65. The molecule has 2 aromatic rings. The van der Waals surface area contributed by atoms with E-state index in [9.17, 15) is 0 Å². The lowest BCUT2D eigenvalue weighted by Crippen LogP contribution is -3.13. The lowest BCUT2D eigenvalue weighted by Gasteiger charge is -2.28. The van der Waals surface area contributed by atoms with E-state index >= 15 is 0 Å². The molecule has 25 heavy (non-hydrogen) atoms. The third-order valence-electron chi connectivity index (χ3n) is 4.99. The number of benzene rings is 2. The maximum absolute atomic E-state index is 5.65. The van der Waals surface area contributed by atoms with Crippen molar-refractivity contribution in [3.05, 3.63) is 65.7 Å². The molecule has 0 saturated carbocycles. The van der Waals surface area contributed by atoms with Gasteiger partial charge in [-0.1, -0.05) is 48.4 Å². The van der Waals surface area contributed by atoms with Crippen molar-refractivity contribution in [2.45, 2.75) is 32.0 Å². The average molecular weight is 336 g/mol. The fourth-order valence-corrected chi connectivity index (χ4v) is 3.57. The second-order valence-electron chi connectivity index (χ2n) is 6.79. The highest BCUT2D eigenvalue weighted by Crippen LogP contribution is 2.16. The summed E-state index contributed by atoms with van der Waals surface area (Å²) in [5, 5.41) is 2.47. The fraction of sp³-hybridized carbons (Fsp3) is 0.364. The van der Waals surface area contributed by atoms with Crippen molar-refractivity contribution in [3.63, 3.8) is 0 Å². The molecular formula is C22H28N2O+2. The van der Waals surface area contributed by atoms with Crippen molar-refractivity contribution in [2.24, 2.45) is 0 Å². The zero-order chi connectivity index (χ0) is 17.3. The molecule has 1 aliphatic heterocycles. The van der Waals surface area contributed by atoms with Crippen LogP contribution in [0.3, 0.4) is 0 Å². The number of nitrogens with one attached hydrogen (secondary N) is 1. The highest BCUT2D eigenvalue weighted by molar-refractivity contribution is 5.32. The highest BCUT2D eigenvalue weighted by atomic mass is 16.5. The van der Waals surface area contributed by atoms with E-state index < -0.39 is 0 Å². The molecule has 2 aromatic carbocycles. The van der Waals surface area contributed by atoms with Crippen LogP contribution < -0.4 is 15.0 Å². The minimum Gasteiger partial charge on any atom is -0.480 e. The van der Waals surface area contributed by atoms with Crippen LogP contribution in [0.1, 0.15) is 24.0 Å². The molecule has 3 N–H and O–H groups in total. The number of likely N-dealkylation sites (tertiary alicyclic amines) is 1. The molecular weight excluding hydrogens is 308 g/mol. The molecule has 0 unspecified atom stereocenters. The second kappa shape index (κ2) is 9.27. The molecule has 3 nitrogen and oxygen atoms in total. The topological polar surface area (TPSA) is 30.3 Å². The van der Waals surface area contributed by atoms with Crippen LogP contribution >= 0.6 is 0 Å². The number of piperidine rings is 1. The minimum absolute atomic E-state index is 0.332. The zero-order valence-electron chi connectivity index (χ0n) is 14.8. The van der Waals surface area contributed by atoms with Crippen molar-refractivity contribution in [1.29, 1.82) is 0 Å². The van der Waals surface area contributed by atoms with Gasteiger partial charge in [0.2, 0.25) is 0 Å². The second-order valence-corrected chi connectivity index (χ2v) is 6.79. The Morgan fingerprint density at radius 2 is 1.76 bits per heavy atom. The third-order valence-corrected chi connectivity index (χ3v) is 4.99. The quantitative estimate of drug-likeness (QED) is 0.727. The lowest BCUT2D eigenvalue weighted by molar-refractivity contribution is -0.926. The first-order chi connectivity index (χ1) is 12.3. The van der Waals surface area contributed by atoms with Crippen molar-refractivity contribution in [2.75, 3.05) is 19.7 Å². The molecule has 1 saturated heterocycles. The number of terminal acetylenes is 1. The molecule has 0 radical (unpaired) electrons. The average Bonchev–Trinajstić information content (AvgIpc) is 2.67. The van der Waals surface area contributed by atoms with E-state index in [1.165, 1.54) is 37.1 Å². The van der Waals surface area contributed by atoms with E-state index in [0.717, 1.165) is 18.8 Å². The van der Waals surface area contributed by atoms with Crippen molar-refractivity contribution >= 4 is 0 Å². The number of para-hydroxylation sites is 1. The monoisotopic (exact) mass is 336 g/mol. The Morgan fingerprint density at radius 1 is 1.04 bits per heavy atom. The lowest BCUT2D eigenvalue weighted by atomic mass is 10.0. The molecule has 0 atom stereocenters. The van der Waals surface area contributed by atoms with Gasteiger partial charge < -0.3 is 15.0 Å². The van der Waals surface area contributed by atoms with E-state index in [4.69, 9.17) is 11.2 Å². The van der Waals surface area contributed by atoms with Gasteiger partial charge in [0.1, 0.15) is 25.4 Å². The van der Waals surface area contributed by atoms with Crippen LogP contribution in [0, 0.1) is 12.3 Å². The molecule has 0 amide bonds.